The lowest BCUT2D eigenvalue weighted by Crippen LogP contribution is -2.34. The highest BCUT2D eigenvalue weighted by Crippen LogP contribution is 2.22. The van der Waals surface area contributed by atoms with Crippen molar-refractivity contribution >= 4 is 17.2 Å². The van der Waals surface area contributed by atoms with Gasteiger partial charge in [0, 0.05) is 35.6 Å². The summed E-state index contributed by atoms with van der Waals surface area (Å²) in [5.74, 6) is 0.560. The van der Waals surface area contributed by atoms with Crippen molar-refractivity contribution in [3.63, 3.8) is 0 Å². The molecule has 1 atom stereocenters. The van der Waals surface area contributed by atoms with Gasteiger partial charge in [0.2, 0.25) is 0 Å². The van der Waals surface area contributed by atoms with Crippen LogP contribution in [-0.2, 0) is 0 Å². The average Bonchev–Trinajstić information content (AvgIpc) is 3.28. The molecule has 0 radical (unpaired) electrons. The van der Waals surface area contributed by atoms with Crippen molar-refractivity contribution in [3.8, 4) is 5.82 Å². The number of aromatic nitrogens is 3. The first-order chi connectivity index (χ1) is 11.6. The van der Waals surface area contributed by atoms with Gasteiger partial charge in [-0.2, -0.15) is 0 Å². The van der Waals surface area contributed by atoms with Crippen molar-refractivity contribution in [2.45, 2.75) is 6.04 Å². The number of carbonyl (C=O) groups excluding carboxylic acids is 1. The van der Waals surface area contributed by atoms with Gasteiger partial charge >= 0.3 is 0 Å². The van der Waals surface area contributed by atoms with E-state index in [9.17, 15) is 4.79 Å². The standard InChI is InChI=1S/C17H19N5OS/c1-21(2)14(15-4-3-9-24-15)11-20-17(23)13-5-6-19-16(10-13)22-8-7-18-12-22/h3-10,12,14H,11H2,1-2H3,(H,20,23)/t14-/m0/s1. The van der Waals surface area contributed by atoms with Crippen molar-refractivity contribution in [1.82, 2.24) is 24.8 Å². The summed E-state index contributed by atoms with van der Waals surface area (Å²) in [4.78, 5) is 24.1. The number of nitrogens with one attached hydrogen (secondary N) is 1. The zero-order chi connectivity index (χ0) is 16.9. The monoisotopic (exact) mass is 341 g/mol. The number of hydrogen-bond donors (Lipinski definition) is 1. The van der Waals surface area contributed by atoms with Crippen molar-refractivity contribution in [2.75, 3.05) is 20.6 Å². The average molecular weight is 341 g/mol. The van der Waals surface area contributed by atoms with Crippen LogP contribution < -0.4 is 5.32 Å². The second-order valence-electron chi connectivity index (χ2n) is 5.58. The molecule has 0 aliphatic rings. The number of hydrogen-bond acceptors (Lipinski definition) is 5. The van der Waals surface area contributed by atoms with Crippen molar-refractivity contribution in [2.24, 2.45) is 0 Å². The van der Waals surface area contributed by atoms with Gasteiger partial charge in [0.15, 0.2) is 0 Å². The molecular formula is C17H19N5OS. The van der Waals surface area contributed by atoms with Crippen LogP contribution in [0.15, 0.2) is 54.6 Å². The van der Waals surface area contributed by atoms with Crippen LogP contribution in [0, 0.1) is 0 Å². The lowest BCUT2D eigenvalue weighted by atomic mass is 10.2. The molecule has 7 heteroatoms. The van der Waals surface area contributed by atoms with E-state index in [1.54, 1.807) is 53.0 Å². The van der Waals surface area contributed by atoms with Gasteiger partial charge in [-0.05, 0) is 37.7 Å². The molecule has 124 valence electrons. The van der Waals surface area contributed by atoms with Gasteiger partial charge in [-0.3, -0.25) is 9.36 Å². The van der Waals surface area contributed by atoms with Crippen LogP contribution in [0.5, 0.6) is 0 Å². The van der Waals surface area contributed by atoms with E-state index < -0.39 is 0 Å². The zero-order valence-electron chi connectivity index (χ0n) is 13.6. The Morgan fingerprint density at radius 2 is 2.25 bits per heavy atom. The topological polar surface area (TPSA) is 63.1 Å². The predicted molar refractivity (Wildman–Crippen MR) is 94.4 cm³/mol. The largest absolute Gasteiger partial charge is 0.350 e. The van der Waals surface area contributed by atoms with Crippen LogP contribution in [0.2, 0.25) is 0 Å². The predicted octanol–water partition coefficient (Wildman–Crippen LogP) is 2.36. The van der Waals surface area contributed by atoms with Crippen LogP contribution in [0.3, 0.4) is 0 Å². The lowest BCUT2D eigenvalue weighted by Gasteiger charge is -2.23. The molecular weight excluding hydrogens is 322 g/mol. The molecule has 0 fully saturated rings. The molecule has 3 heterocycles. The van der Waals surface area contributed by atoms with E-state index in [4.69, 9.17) is 0 Å². The third-order valence-electron chi connectivity index (χ3n) is 3.73. The molecule has 3 rings (SSSR count). The van der Waals surface area contributed by atoms with Crippen molar-refractivity contribution in [3.05, 3.63) is 65.0 Å². The first kappa shape index (κ1) is 16.4. The summed E-state index contributed by atoms with van der Waals surface area (Å²) < 4.78 is 1.77. The molecule has 0 aromatic carbocycles. The summed E-state index contributed by atoms with van der Waals surface area (Å²) in [6, 6.07) is 7.74. The van der Waals surface area contributed by atoms with Crippen LogP contribution >= 0.6 is 11.3 Å². The first-order valence-corrected chi connectivity index (χ1v) is 8.45. The Morgan fingerprint density at radius 1 is 1.38 bits per heavy atom. The summed E-state index contributed by atoms with van der Waals surface area (Å²) in [5.41, 5.74) is 0.581. The molecule has 0 bridgehead atoms. The Balaban J connectivity index is 1.70. The molecule has 6 nitrogen and oxygen atoms in total. The summed E-state index contributed by atoms with van der Waals surface area (Å²) in [6.45, 7) is 0.551. The maximum atomic E-state index is 12.5. The smallest absolute Gasteiger partial charge is 0.251 e. The van der Waals surface area contributed by atoms with Gasteiger partial charge < -0.3 is 10.2 Å². The second kappa shape index (κ2) is 7.37. The maximum Gasteiger partial charge on any atom is 0.251 e. The molecule has 1 amide bonds. The summed E-state index contributed by atoms with van der Waals surface area (Å²) in [7, 11) is 4.03. The Morgan fingerprint density at radius 3 is 2.92 bits per heavy atom. The SMILES string of the molecule is CN(C)[C@@H](CNC(=O)c1ccnc(-n2ccnc2)c1)c1cccs1. The molecule has 0 saturated heterocycles. The summed E-state index contributed by atoms with van der Waals surface area (Å²) in [5, 5.41) is 5.06. The highest BCUT2D eigenvalue weighted by molar-refractivity contribution is 7.10. The fraction of sp³-hybridized carbons (Fsp3) is 0.235. The van der Waals surface area contributed by atoms with Gasteiger partial charge in [0.25, 0.3) is 5.91 Å². The highest BCUT2D eigenvalue weighted by atomic mass is 32.1. The van der Waals surface area contributed by atoms with Gasteiger partial charge in [0.1, 0.15) is 12.1 Å². The normalized spacial score (nSPS) is 12.3. The minimum Gasteiger partial charge on any atom is -0.350 e. The van der Waals surface area contributed by atoms with E-state index in [0.29, 0.717) is 17.9 Å². The van der Waals surface area contributed by atoms with Gasteiger partial charge in [-0.15, -0.1) is 11.3 Å². The highest BCUT2D eigenvalue weighted by Gasteiger charge is 2.17. The zero-order valence-corrected chi connectivity index (χ0v) is 14.4. The number of likely N-dealkylation sites (N-methyl/N-ethyl adjacent to an activating group) is 1. The van der Waals surface area contributed by atoms with Crippen molar-refractivity contribution in [1.29, 1.82) is 0 Å². The molecule has 0 aliphatic carbocycles. The molecule has 3 aromatic heterocycles. The first-order valence-electron chi connectivity index (χ1n) is 7.57. The second-order valence-corrected chi connectivity index (χ2v) is 6.56. The Kier molecular flexibility index (Phi) is 5.02. The molecule has 0 spiro atoms. The molecule has 24 heavy (non-hydrogen) atoms. The Bertz CT molecular complexity index is 783. The number of carbonyl (C=O) groups is 1. The number of rotatable bonds is 6. The van der Waals surface area contributed by atoms with Gasteiger partial charge in [0.05, 0.1) is 6.04 Å². The van der Waals surface area contributed by atoms with E-state index in [-0.39, 0.29) is 11.9 Å². The summed E-state index contributed by atoms with van der Waals surface area (Å²) >= 11 is 1.69. The number of nitrogens with zero attached hydrogens (tertiary/aromatic N) is 4. The fourth-order valence-electron chi connectivity index (χ4n) is 2.41. The number of amides is 1. The number of pyridine rings is 1. The Labute approximate surface area is 144 Å². The number of imidazole rings is 1. The minimum absolute atomic E-state index is 0.109. The molecule has 3 aromatic rings. The van der Waals surface area contributed by atoms with E-state index in [1.807, 2.05) is 25.5 Å². The quantitative estimate of drug-likeness (QED) is 0.748. The van der Waals surface area contributed by atoms with Crippen molar-refractivity contribution < 1.29 is 4.79 Å². The fourth-order valence-corrected chi connectivity index (χ4v) is 3.33. The van der Waals surface area contributed by atoms with Gasteiger partial charge in [-0.1, -0.05) is 6.07 Å². The lowest BCUT2D eigenvalue weighted by molar-refractivity contribution is 0.0942. The number of thiophene rings is 1. The molecule has 0 saturated carbocycles. The van der Waals surface area contributed by atoms with E-state index in [1.165, 1.54) is 4.88 Å². The van der Waals surface area contributed by atoms with E-state index >= 15 is 0 Å². The molecule has 1 N–H and O–H groups in total. The Hall–Kier alpha value is -2.51. The van der Waals surface area contributed by atoms with E-state index in [0.717, 1.165) is 0 Å². The van der Waals surface area contributed by atoms with Gasteiger partial charge in [-0.25, -0.2) is 9.97 Å². The van der Waals surface area contributed by atoms with Crippen LogP contribution in [0.4, 0.5) is 0 Å². The van der Waals surface area contributed by atoms with E-state index in [2.05, 4.69) is 26.3 Å². The third-order valence-corrected chi connectivity index (χ3v) is 4.70. The molecule has 0 unspecified atom stereocenters. The van der Waals surface area contributed by atoms with Crippen LogP contribution in [0.25, 0.3) is 5.82 Å². The maximum absolute atomic E-state index is 12.5. The van der Waals surface area contributed by atoms with Crippen LogP contribution in [0.1, 0.15) is 21.3 Å². The van der Waals surface area contributed by atoms with Crippen LogP contribution in [-0.4, -0.2) is 46.0 Å². The summed E-state index contributed by atoms with van der Waals surface area (Å²) in [6.07, 6.45) is 6.76. The third kappa shape index (κ3) is 3.69. The molecule has 0 aliphatic heterocycles. The minimum atomic E-state index is -0.109.